The van der Waals surface area contributed by atoms with E-state index in [0.717, 1.165) is 0 Å². The molecular formula is C32H66O12Si7. The van der Waals surface area contributed by atoms with Crippen molar-refractivity contribution in [2.75, 3.05) is 0 Å². The van der Waals surface area contributed by atoms with Crippen LogP contribution in [0.1, 0.15) is 110 Å². The van der Waals surface area contributed by atoms with Crippen molar-refractivity contribution >= 4 is 60.2 Å². The van der Waals surface area contributed by atoms with Crippen LogP contribution in [0, 0.1) is 41.4 Å². The minimum absolute atomic E-state index is 0.00326. The monoisotopic (exact) mass is 838 g/mol. The van der Waals surface area contributed by atoms with E-state index in [2.05, 4.69) is 83.1 Å². The second-order valence-electron chi connectivity index (χ2n) is 20.0. The molecule has 0 saturated carbocycles. The number of hydrogen-bond acceptors (Lipinski definition) is 12. The molecule has 7 rings (SSSR count). The summed E-state index contributed by atoms with van der Waals surface area (Å²) in [6, 6.07) is 2.32. The first-order chi connectivity index (χ1) is 23.3. The molecule has 0 amide bonds. The van der Waals surface area contributed by atoms with Gasteiger partial charge in [-0.15, -0.1) is 0 Å². The van der Waals surface area contributed by atoms with Crippen molar-refractivity contribution in [3.05, 3.63) is 0 Å². The molecule has 12 nitrogen and oxygen atoms in total. The summed E-state index contributed by atoms with van der Waals surface area (Å²) in [5, 5.41) is 10.1. The standard InChI is InChI=1S/C32H66O12Si7/c1-22(2)15-29(33)45(17-24(5)6)31-38-49(42-45,21-28(13)14)43-48(20-27(11)12)36-30(16-23(3)4)46(18-25(7)8)32(39-50(29,31)35,51(30,40-31)44-48)37-47(34,41-46)19-26(9)10/h22-28,33-35H,15-21H2,1-14H3. The van der Waals surface area contributed by atoms with E-state index in [1.807, 2.05) is 13.8 Å². The quantitative estimate of drug-likeness (QED) is 0.194. The maximum atomic E-state index is 13.7. The number of hydrogen-bond donors (Lipinski definition) is 3. The van der Waals surface area contributed by atoms with Gasteiger partial charge in [-0.25, -0.2) is 0 Å². The van der Waals surface area contributed by atoms with Gasteiger partial charge in [0.1, 0.15) is 9.70 Å². The molecule has 0 aromatic rings. The summed E-state index contributed by atoms with van der Waals surface area (Å²) in [6.07, 6.45) is 0.815. The van der Waals surface area contributed by atoms with Crippen LogP contribution in [0.15, 0.2) is 0 Å². The van der Waals surface area contributed by atoms with Crippen molar-refractivity contribution < 1.29 is 53.3 Å². The molecule has 7 heterocycles. The van der Waals surface area contributed by atoms with Crippen molar-refractivity contribution in [2.24, 2.45) is 41.4 Å². The molecule has 294 valence electrons. The Morgan fingerprint density at radius 1 is 0.451 bits per heavy atom. The Morgan fingerprint density at radius 2 is 0.961 bits per heavy atom. The molecule has 7 aliphatic heterocycles. The fourth-order valence-electron chi connectivity index (χ4n) is 11.4. The maximum absolute atomic E-state index is 13.7. The van der Waals surface area contributed by atoms with Crippen LogP contribution in [0.4, 0.5) is 0 Å². The third-order valence-corrected chi connectivity index (χ3v) is 53.3. The lowest BCUT2D eigenvalue weighted by Crippen LogP contribution is -3.13. The van der Waals surface area contributed by atoms with Crippen molar-refractivity contribution in [1.82, 2.24) is 0 Å². The van der Waals surface area contributed by atoms with E-state index in [4.69, 9.17) is 38.6 Å². The van der Waals surface area contributed by atoms with Crippen LogP contribution in [0.5, 0.6) is 0 Å². The molecule has 0 aromatic carbocycles. The molecule has 51 heavy (non-hydrogen) atoms. The van der Waals surface area contributed by atoms with Crippen LogP contribution in [0.3, 0.4) is 0 Å². The Morgan fingerprint density at radius 3 is 1.47 bits per heavy atom. The van der Waals surface area contributed by atoms with E-state index in [9.17, 15) is 14.7 Å². The Hall–Kier alpha value is 1.04. The summed E-state index contributed by atoms with van der Waals surface area (Å²) >= 11 is 0. The average Bonchev–Trinajstić information content (AvgIpc) is 3.39. The predicted molar refractivity (Wildman–Crippen MR) is 205 cm³/mol. The summed E-state index contributed by atoms with van der Waals surface area (Å²) in [5.41, 5.74) is 0. The smallest absolute Gasteiger partial charge is 0.409 e. The molecule has 7 fully saturated rings. The fraction of sp³-hybridized carbons (Fsp3) is 1.00. The maximum Gasteiger partial charge on any atom is 0.490 e. The van der Waals surface area contributed by atoms with E-state index < -0.39 is 79.9 Å². The lowest BCUT2D eigenvalue weighted by molar-refractivity contribution is -0.202. The van der Waals surface area contributed by atoms with Gasteiger partial charge in [-0.2, -0.15) is 0 Å². The molecule has 3 N–H and O–H groups in total. The molecule has 11 unspecified atom stereocenters. The molecule has 3 spiro atoms. The molecule has 19 heteroatoms. The highest BCUT2D eigenvalue weighted by molar-refractivity contribution is 7.25. The van der Waals surface area contributed by atoms with Gasteiger partial charge >= 0.3 is 43.5 Å². The summed E-state index contributed by atoms with van der Waals surface area (Å²) in [5.74, 6) is 0.650. The lowest BCUT2D eigenvalue weighted by atomic mass is 10.1. The second-order valence-corrected chi connectivity index (χ2v) is 44.2. The SMILES string of the molecule is CC(C)CC1(O)[Si]2(O)OC34O[Si](O)(CC(C)C)O[Si]3(CC(C)C)C3(CC(C)C)O[Si]5(CC(C)C)O[Si]6(CC(C)C)OC2(O[Si]34O5)[Si]1(CC(C)C)O6. The zero-order chi connectivity index (χ0) is 37.9. The number of fused-ring (bicyclic) bond motifs is 3. The highest BCUT2D eigenvalue weighted by Gasteiger charge is 3.15. The van der Waals surface area contributed by atoms with Gasteiger partial charge in [-0.05, 0) is 66.4 Å². The van der Waals surface area contributed by atoms with E-state index in [1.54, 1.807) is 0 Å². The molecular weight excluding hydrogens is 773 g/mol. The van der Waals surface area contributed by atoms with Gasteiger partial charge in [0.2, 0.25) is 10.1 Å². The van der Waals surface area contributed by atoms with Gasteiger partial charge in [-0.1, -0.05) is 96.9 Å². The first-order valence-corrected chi connectivity index (χ1v) is 33.5. The highest BCUT2D eigenvalue weighted by atomic mass is 28.6. The zero-order valence-electron chi connectivity index (χ0n) is 33.5. The first kappa shape index (κ1) is 40.2. The molecule has 0 aromatic heterocycles. The number of rotatable bonds is 14. The van der Waals surface area contributed by atoms with E-state index >= 15 is 0 Å². The van der Waals surface area contributed by atoms with Crippen LogP contribution < -0.4 is 0 Å². The lowest BCUT2D eigenvalue weighted by Gasteiger charge is -2.79. The zero-order valence-corrected chi connectivity index (χ0v) is 40.5. The summed E-state index contributed by atoms with van der Waals surface area (Å²) in [4.78, 5) is 23.5. The van der Waals surface area contributed by atoms with Crippen molar-refractivity contribution in [3.63, 3.8) is 0 Å². The van der Waals surface area contributed by atoms with Crippen LogP contribution in [0.25, 0.3) is 0 Å². The van der Waals surface area contributed by atoms with Gasteiger partial charge in [0.25, 0.3) is 16.6 Å². The first-order valence-electron chi connectivity index (χ1n) is 19.8. The van der Waals surface area contributed by atoms with Crippen molar-refractivity contribution in [1.29, 1.82) is 0 Å². The Labute approximate surface area is 313 Å². The molecule has 4 bridgehead atoms. The minimum atomic E-state index is -4.62. The largest absolute Gasteiger partial charge is 0.490 e. The Kier molecular flexibility index (Phi) is 9.32. The molecule has 0 aliphatic carbocycles. The number of aliphatic hydroxyl groups is 1. The van der Waals surface area contributed by atoms with E-state index in [-0.39, 0.29) is 47.8 Å². The van der Waals surface area contributed by atoms with Crippen LogP contribution >= 0.6 is 0 Å². The van der Waals surface area contributed by atoms with Crippen molar-refractivity contribution in [2.45, 2.75) is 160 Å². The Balaban J connectivity index is 1.59. The highest BCUT2D eigenvalue weighted by Crippen LogP contribution is 2.81. The van der Waals surface area contributed by atoms with Crippen LogP contribution in [-0.2, 0) is 38.6 Å². The second kappa shape index (κ2) is 11.8. The fourth-order valence-corrected chi connectivity index (χ4v) is 68.8. The molecule has 7 aliphatic rings. The van der Waals surface area contributed by atoms with Crippen molar-refractivity contribution in [3.8, 4) is 0 Å². The molecule has 11 atom stereocenters. The van der Waals surface area contributed by atoms with Gasteiger partial charge in [0.15, 0.2) is 0 Å². The topological polar surface area (TPSA) is 144 Å². The third kappa shape index (κ3) is 4.67. The molecule has 0 radical (unpaired) electrons. The van der Waals surface area contributed by atoms with Gasteiger partial charge in [-0.3, -0.25) is 0 Å². The summed E-state index contributed by atoms with van der Waals surface area (Å²) in [6.45, 7) is 29.6. The summed E-state index contributed by atoms with van der Waals surface area (Å²) in [7, 11) is -27.6. The third-order valence-electron chi connectivity index (χ3n) is 11.9. The van der Waals surface area contributed by atoms with Crippen LogP contribution in [0.2, 0.25) is 30.2 Å². The van der Waals surface area contributed by atoms with E-state index in [1.165, 1.54) is 0 Å². The average molecular weight is 839 g/mol. The Bertz CT molecular complexity index is 1430. The van der Waals surface area contributed by atoms with Gasteiger partial charge < -0.3 is 53.3 Å². The minimum Gasteiger partial charge on any atom is -0.409 e. The predicted octanol–water partition coefficient (Wildman–Crippen LogP) is 5.36. The van der Waals surface area contributed by atoms with Gasteiger partial charge in [0, 0.05) is 18.1 Å². The molecule has 7 saturated heterocycles. The van der Waals surface area contributed by atoms with Crippen LogP contribution in [-0.4, -0.2) is 94.6 Å². The normalized spacial score (nSPS) is 52.0. The summed E-state index contributed by atoms with van der Waals surface area (Å²) < 4.78 is 67.9. The van der Waals surface area contributed by atoms with E-state index in [0.29, 0.717) is 36.6 Å². The van der Waals surface area contributed by atoms with Gasteiger partial charge in [0.05, 0.1) is 0 Å².